The van der Waals surface area contributed by atoms with Crippen LogP contribution in [0.2, 0.25) is 0 Å². The standard InChI is InChI=1S/C18H21N5O3/c1-13-19-7-6-16(20-13)14-4-3-5-15(12-14)21-17(24)22-8-10-23(11-9-22)18(25)26-2/h3-7,12H,8-11H2,1-2H3,(H,21,24). The second-order valence-corrected chi connectivity index (χ2v) is 5.94. The molecule has 0 saturated carbocycles. The van der Waals surface area contributed by atoms with Crippen LogP contribution in [0, 0.1) is 6.92 Å². The minimum atomic E-state index is -0.363. The highest BCUT2D eigenvalue weighted by atomic mass is 16.5. The highest BCUT2D eigenvalue weighted by Gasteiger charge is 2.24. The minimum Gasteiger partial charge on any atom is -0.453 e. The van der Waals surface area contributed by atoms with E-state index in [2.05, 4.69) is 15.3 Å². The molecule has 2 heterocycles. The van der Waals surface area contributed by atoms with E-state index in [1.807, 2.05) is 37.3 Å². The highest BCUT2D eigenvalue weighted by molar-refractivity contribution is 5.90. The van der Waals surface area contributed by atoms with Crippen molar-refractivity contribution in [3.8, 4) is 11.3 Å². The van der Waals surface area contributed by atoms with Crippen LogP contribution in [0.3, 0.4) is 0 Å². The summed E-state index contributed by atoms with van der Waals surface area (Å²) >= 11 is 0. The van der Waals surface area contributed by atoms with Crippen LogP contribution < -0.4 is 5.32 Å². The Balaban J connectivity index is 1.63. The number of carbonyl (C=O) groups is 2. The molecule has 1 N–H and O–H groups in total. The number of amides is 3. The van der Waals surface area contributed by atoms with E-state index in [0.29, 0.717) is 37.7 Å². The summed E-state index contributed by atoms with van der Waals surface area (Å²) < 4.78 is 4.70. The van der Waals surface area contributed by atoms with Gasteiger partial charge in [-0.1, -0.05) is 12.1 Å². The second kappa shape index (κ2) is 7.81. The molecule has 26 heavy (non-hydrogen) atoms. The number of aromatic nitrogens is 2. The summed E-state index contributed by atoms with van der Waals surface area (Å²) in [4.78, 5) is 35.7. The van der Waals surface area contributed by atoms with E-state index in [1.165, 1.54) is 7.11 Å². The van der Waals surface area contributed by atoms with Gasteiger partial charge in [-0.25, -0.2) is 19.6 Å². The lowest BCUT2D eigenvalue weighted by atomic mass is 10.1. The minimum absolute atomic E-state index is 0.189. The van der Waals surface area contributed by atoms with Gasteiger partial charge in [0, 0.05) is 43.6 Å². The lowest BCUT2D eigenvalue weighted by Gasteiger charge is -2.33. The van der Waals surface area contributed by atoms with Gasteiger partial charge in [0.1, 0.15) is 5.82 Å². The van der Waals surface area contributed by atoms with Gasteiger partial charge in [0.2, 0.25) is 0 Å². The molecule has 1 aromatic carbocycles. The molecule has 1 aliphatic heterocycles. The fraction of sp³-hybridized carbons (Fsp3) is 0.333. The number of piperazine rings is 1. The largest absolute Gasteiger partial charge is 0.453 e. The van der Waals surface area contributed by atoms with E-state index in [1.54, 1.807) is 16.0 Å². The van der Waals surface area contributed by atoms with Gasteiger partial charge in [0.25, 0.3) is 0 Å². The van der Waals surface area contributed by atoms with Crippen LogP contribution in [0.1, 0.15) is 5.82 Å². The zero-order chi connectivity index (χ0) is 18.5. The fourth-order valence-corrected chi connectivity index (χ4v) is 2.80. The molecule has 0 radical (unpaired) electrons. The van der Waals surface area contributed by atoms with Crippen LogP contribution in [-0.2, 0) is 4.74 Å². The van der Waals surface area contributed by atoms with Crippen molar-refractivity contribution in [1.29, 1.82) is 0 Å². The predicted molar refractivity (Wildman–Crippen MR) is 96.8 cm³/mol. The van der Waals surface area contributed by atoms with Crippen LogP contribution in [0.15, 0.2) is 36.5 Å². The highest BCUT2D eigenvalue weighted by Crippen LogP contribution is 2.21. The molecule has 1 saturated heterocycles. The normalized spacial score (nSPS) is 14.1. The van der Waals surface area contributed by atoms with Crippen molar-refractivity contribution in [2.24, 2.45) is 0 Å². The number of urea groups is 1. The topological polar surface area (TPSA) is 87.7 Å². The average Bonchev–Trinajstić information content (AvgIpc) is 2.67. The Morgan fingerprint density at radius 1 is 1.12 bits per heavy atom. The summed E-state index contributed by atoms with van der Waals surface area (Å²) in [7, 11) is 1.35. The van der Waals surface area contributed by atoms with Gasteiger partial charge >= 0.3 is 12.1 Å². The zero-order valence-corrected chi connectivity index (χ0v) is 14.8. The van der Waals surface area contributed by atoms with Crippen molar-refractivity contribution in [3.05, 3.63) is 42.4 Å². The number of rotatable bonds is 2. The molecular weight excluding hydrogens is 334 g/mol. The van der Waals surface area contributed by atoms with E-state index in [0.717, 1.165) is 11.3 Å². The Morgan fingerprint density at radius 3 is 2.54 bits per heavy atom. The molecule has 3 rings (SSSR count). The Bertz CT molecular complexity index is 803. The molecule has 3 amide bonds. The summed E-state index contributed by atoms with van der Waals surface area (Å²) in [6.45, 7) is 3.68. The van der Waals surface area contributed by atoms with E-state index in [-0.39, 0.29) is 12.1 Å². The number of hydrogen-bond donors (Lipinski definition) is 1. The van der Waals surface area contributed by atoms with Gasteiger partial charge in [-0.3, -0.25) is 0 Å². The third-order valence-electron chi connectivity index (χ3n) is 4.19. The monoisotopic (exact) mass is 355 g/mol. The summed E-state index contributed by atoms with van der Waals surface area (Å²) in [5.41, 5.74) is 2.41. The third kappa shape index (κ3) is 4.08. The lowest BCUT2D eigenvalue weighted by molar-refractivity contribution is 0.0992. The van der Waals surface area contributed by atoms with Crippen LogP contribution in [0.4, 0.5) is 15.3 Å². The molecule has 1 aliphatic rings. The number of methoxy groups -OCH3 is 1. The zero-order valence-electron chi connectivity index (χ0n) is 14.8. The van der Waals surface area contributed by atoms with Gasteiger partial charge in [0.05, 0.1) is 12.8 Å². The van der Waals surface area contributed by atoms with Crippen molar-refractivity contribution in [2.75, 3.05) is 38.6 Å². The summed E-state index contributed by atoms with van der Waals surface area (Å²) in [5.74, 6) is 0.695. The second-order valence-electron chi connectivity index (χ2n) is 5.94. The van der Waals surface area contributed by atoms with Crippen molar-refractivity contribution in [2.45, 2.75) is 6.92 Å². The first-order valence-electron chi connectivity index (χ1n) is 8.36. The van der Waals surface area contributed by atoms with Crippen LogP contribution >= 0.6 is 0 Å². The molecule has 0 bridgehead atoms. The number of nitrogens with zero attached hydrogens (tertiary/aromatic N) is 4. The van der Waals surface area contributed by atoms with Gasteiger partial charge in [0.15, 0.2) is 0 Å². The van der Waals surface area contributed by atoms with E-state index < -0.39 is 0 Å². The molecule has 1 fully saturated rings. The summed E-state index contributed by atoms with van der Waals surface area (Å²) in [6.07, 6.45) is 1.35. The quantitative estimate of drug-likeness (QED) is 0.893. The average molecular weight is 355 g/mol. The van der Waals surface area contributed by atoms with Crippen molar-refractivity contribution in [1.82, 2.24) is 19.8 Å². The molecule has 0 aliphatic carbocycles. The number of carbonyl (C=O) groups excluding carboxylic acids is 2. The Morgan fingerprint density at radius 2 is 1.85 bits per heavy atom. The smallest absolute Gasteiger partial charge is 0.409 e. The number of aryl methyl sites for hydroxylation is 1. The van der Waals surface area contributed by atoms with Gasteiger partial charge in [-0.15, -0.1) is 0 Å². The molecule has 1 aromatic heterocycles. The molecule has 0 unspecified atom stereocenters. The molecular formula is C18H21N5O3. The van der Waals surface area contributed by atoms with Crippen molar-refractivity contribution >= 4 is 17.8 Å². The molecule has 136 valence electrons. The van der Waals surface area contributed by atoms with E-state index >= 15 is 0 Å². The number of benzene rings is 1. The number of hydrogen-bond acceptors (Lipinski definition) is 5. The van der Waals surface area contributed by atoms with Crippen molar-refractivity contribution < 1.29 is 14.3 Å². The number of anilines is 1. The van der Waals surface area contributed by atoms with Gasteiger partial charge in [-0.2, -0.15) is 0 Å². The third-order valence-corrected chi connectivity index (χ3v) is 4.19. The Hall–Kier alpha value is -3.16. The van der Waals surface area contributed by atoms with Gasteiger partial charge in [-0.05, 0) is 25.1 Å². The summed E-state index contributed by atoms with van der Waals surface area (Å²) in [5, 5.41) is 2.90. The lowest BCUT2D eigenvalue weighted by Crippen LogP contribution is -2.51. The maximum Gasteiger partial charge on any atom is 0.409 e. The fourth-order valence-electron chi connectivity index (χ4n) is 2.80. The number of ether oxygens (including phenoxy) is 1. The van der Waals surface area contributed by atoms with Crippen LogP contribution in [0.5, 0.6) is 0 Å². The van der Waals surface area contributed by atoms with Crippen LogP contribution in [-0.4, -0.2) is 65.2 Å². The summed E-state index contributed by atoms with van der Waals surface area (Å²) in [6, 6.07) is 9.17. The first kappa shape index (κ1) is 17.7. The maximum absolute atomic E-state index is 12.5. The molecule has 8 nitrogen and oxygen atoms in total. The van der Waals surface area contributed by atoms with E-state index in [4.69, 9.17) is 4.74 Å². The number of nitrogens with one attached hydrogen (secondary N) is 1. The first-order chi connectivity index (χ1) is 12.6. The Kier molecular flexibility index (Phi) is 5.31. The molecule has 0 spiro atoms. The SMILES string of the molecule is COC(=O)N1CCN(C(=O)Nc2cccc(-c3ccnc(C)n3)c2)CC1. The molecule has 2 aromatic rings. The Labute approximate surface area is 151 Å². The molecule has 8 heteroatoms. The molecule has 0 atom stereocenters. The first-order valence-corrected chi connectivity index (χ1v) is 8.36. The maximum atomic E-state index is 12.5. The van der Waals surface area contributed by atoms with Crippen molar-refractivity contribution in [3.63, 3.8) is 0 Å². The van der Waals surface area contributed by atoms with Gasteiger partial charge < -0.3 is 19.9 Å². The van der Waals surface area contributed by atoms with E-state index in [9.17, 15) is 9.59 Å². The predicted octanol–water partition coefficient (Wildman–Crippen LogP) is 2.37. The van der Waals surface area contributed by atoms with Crippen LogP contribution in [0.25, 0.3) is 11.3 Å².